The summed E-state index contributed by atoms with van der Waals surface area (Å²) < 4.78 is 0. The molecule has 0 aromatic heterocycles. The van der Waals surface area contributed by atoms with Crippen molar-refractivity contribution in [3.8, 4) is 0 Å². The van der Waals surface area contributed by atoms with E-state index in [1.54, 1.807) is 0 Å². The van der Waals surface area contributed by atoms with Crippen molar-refractivity contribution in [2.45, 2.75) is 32.2 Å². The van der Waals surface area contributed by atoms with E-state index in [1.165, 1.54) is 25.9 Å². The molecule has 2 aliphatic heterocycles. The summed E-state index contributed by atoms with van der Waals surface area (Å²) in [5.74, 6) is 0. The summed E-state index contributed by atoms with van der Waals surface area (Å²) >= 11 is 0. The summed E-state index contributed by atoms with van der Waals surface area (Å²) in [6.45, 7) is 7.55. The predicted octanol–water partition coefficient (Wildman–Crippen LogP) is -1.13. The van der Waals surface area contributed by atoms with Crippen LogP contribution in [0.4, 0.5) is 0 Å². The van der Waals surface area contributed by atoms with Crippen LogP contribution < -0.4 is 51.4 Å². The minimum absolute atomic E-state index is 0. The first-order chi connectivity index (χ1) is 5.31. The van der Waals surface area contributed by atoms with Crippen molar-refractivity contribution >= 4 is 0 Å². The van der Waals surface area contributed by atoms with Gasteiger partial charge in [-0.25, -0.2) is 0 Å². The summed E-state index contributed by atoms with van der Waals surface area (Å²) in [6, 6.07) is 0. The predicted molar refractivity (Wildman–Crippen MR) is 49.0 cm³/mol. The van der Waals surface area contributed by atoms with Gasteiger partial charge in [-0.3, -0.25) is 0 Å². The maximum atomic E-state index is 4.58. The Morgan fingerprint density at radius 2 is 1.83 bits per heavy atom. The van der Waals surface area contributed by atoms with E-state index in [9.17, 15) is 0 Å². The molecule has 2 saturated heterocycles. The molecule has 0 aromatic carbocycles. The standard InChI is InChI=1S/C7H13N2.C2H6.K/c1-9-5-7(6-9)3-2-4-8-7;1-2;/h2-6H2,1H3;1-2H3;/q-1;;+1. The molecule has 2 heterocycles. The minimum atomic E-state index is 0. The van der Waals surface area contributed by atoms with Gasteiger partial charge < -0.3 is 10.2 Å². The van der Waals surface area contributed by atoms with Crippen molar-refractivity contribution in [3.63, 3.8) is 0 Å². The van der Waals surface area contributed by atoms with E-state index in [0.29, 0.717) is 5.54 Å². The largest absolute Gasteiger partial charge is 1.00 e. The van der Waals surface area contributed by atoms with Crippen molar-refractivity contribution in [2.24, 2.45) is 0 Å². The number of hydrogen-bond donors (Lipinski definition) is 0. The van der Waals surface area contributed by atoms with Gasteiger partial charge in [0.15, 0.2) is 0 Å². The molecule has 66 valence electrons. The zero-order chi connectivity index (χ0) is 8.32. The van der Waals surface area contributed by atoms with Gasteiger partial charge in [0, 0.05) is 0 Å². The molecule has 2 rings (SSSR count). The van der Waals surface area contributed by atoms with Gasteiger partial charge in [-0.15, -0.1) is 6.54 Å². The van der Waals surface area contributed by atoms with Crippen LogP contribution in [0.15, 0.2) is 0 Å². The topological polar surface area (TPSA) is 17.3 Å². The molecule has 3 heteroatoms. The summed E-state index contributed by atoms with van der Waals surface area (Å²) in [7, 11) is 2.17. The smallest absolute Gasteiger partial charge is 0.655 e. The third-order valence-electron chi connectivity index (χ3n) is 2.38. The van der Waals surface area contributed by atoms with Crippen molar-refractivity contribution in [2.75, 3.05) is 26.7 Å². The number of hydrogen-bond acceptors (Lipinski definition) is 1. The van der Waals surface area contributed by atoms with Crippen LogP contribution in [0.1, 0.15) is 26.7 Å². The third-order valence-corrected chi connectivity index (χ3v) is 2.38. The monoisotopic (exact) mass is 194 g/mol. The summed E-state index contributed by atoms with van der Waals surface area (Å²) in [5.41, 5.74) is 0.439. The summed E-state index contributed by atoms with van der Waals surface area (Å²) in [4.78, 5) is 2.34. The molecule has 2 nitrogen and oxygen atoms in total. The van der Waals surface area contributed by atoms with Crippen LogP contribution in [-0.4, -0.2) is 37.1 Å². The maximum absolute atomic E-state index is 4.58. The van der Waals surface area contributed by atoms with Gasteiger partial charge in [-0.2, -0.15) is 0 Å². The van der Waals surface area contributed by atoms with Crippen LogP contribution in [0.25, 0.3) is 5.32 Å². The van der Waals surface area contributed by atoms with Crippen LogP contribution >= 0.6 is 0 Å². The summed E-state index contributed by atoms with van der Waals surface area (Å²) in [6.07, 6.45) is 2.67. The molecule has 0 atom stereocenters. The minimum Gasteiger partial charge on any atom is -0.655 e. The zero-order valence-corrected chi connectivity index (χ0v) is 12.1. The molecule has 0 N–H and O–H groups in total. The molecule has 0 aromatic rings. The molecule has 0 radical (unpaired) electrons. The van der Waals surface area contributed by atoms with Crippen LogP contribution in [0.5, 0.6) is 0 Å². The zero-order valence-electron chi connectivity index (χ0n) is 8.93. The number of likely N-dealkylation sites (tertiary alicyclic amines) is 1. The molecular formula is C9H19KN2. The Bertz CT molecular complexity index is 114. The fraction of sp³-hybridized carbons (Fsp3) is 1.00. The van der Waals surface area contributed by atoms with Gasteiger partial charge in [0.05, 0.1) is 0 Å². The first-order valence-corrected chi connectivity index (χ1v) is 4.68. The summed E-state index contributed by atoms with van der Waals surface area (Å²) in [5, 5.41) is 4.58. The first-order valence-electron chi connectivity index (χ1n) is 4.68. The van der Waals surface area contributed by atoms with Crippen molar-refractivity contribution in [3.05, 3.63) is 5.32 Å². The quantitative estimate of drug-likeness (QED) is 0.446. The SMILES string of the molecule is CC.CN1CC2(CCC[N-]2)C1.[K+]. The van der Waals surface area contributed by atoms with Gasteiger partial charge in [-0.05, 0) is 20.1 Å². The van der Waals surface area contributed by atoms with E-state index >= 15 is 0 Å². The molecule has 0 unspecified atom stereocenters. The molecule has 0 amide bonds. The molecule has 2 fully saturated rings. The fourth-order valence-electron chi connectivity index (χ4n) is 2.02. The Balaban J connectivity index is 0.000000378. The fourth-order valence-corrected chi connectivity index (χ4v) is 2.02. The molecule has 0 aliphatic carbocycles. The Morgan fingerprint density at radius 1 is 1.25 bits per heavy atom. The second-order valence-corrected chi connectivity index (χ2v) is 3.38. The van der Waals surface area contributed by atoms with Gasteiger partial charge in [0.25, 0.3) is 0 Å². The number of nitrogens with zero attached hydrogens (tertiary/aromatic N) is 2. The van der Waals surface area contributed by atoms with E-state index in [1.807, 2.05) is 13.8 Å². The Morgan fingerprint density at radius 3 is 2.17 bits per heavy atom. The molecule has 1 spiro atoms. The van der Waals surface area contributed by atoms with E-state index in [0.717, 1.165) is 6.54 Å². The maximum Gasteiger partial charge on any atom is 1.00 e. The van der Waals surface area contributed by atoms with Crippen molar-refractivity contribution in [1.82, 2.24) is 4.90 Å². The van der Waals surface area contributed by atoms with Crippen molar-refractivity contribution in [1.29, 1.82) is 0 Å². The molecule has 2 aliphatic rings. The molecular weight excluding hydrogens is 175 g/mol. The first kappa shape index (κ1) is 13.6. The Hall–Kier alpha value is 1.56. The van der Waals surface area contributed by atoms with E-state index in [-0.39, 0.29) is 51.4 Å². The van der Waals surface area contributed by atoms with E-state index in [2.05, 4.69) is 17.3 Å². The normalized spacial score (nSPS) is 25.2. The average molecular weight is 194 g/mol. The average Bonchev–Trinajstić information content (AvgIpc) is 2.40. The van der Waals surface area contributed by atoms with Crippen LogP contribution in [-0.2, 0) is 0 Å². The van der Waals surface area contributed by atoms with E-state index in [4.69, 9.17) is 0 Å². The van der Waals surface area contributed by atoms with Gasteiger partial charge >= 0.3 is 51.4 Å². The van der Waals surface area contributed by atoms with Crippen LogP contribution in [0.3, 0.4) is 0 Å². The Kier molecular flexibility index (Phi) is 6.91. The molecule has 0 saturated carbocycles. The van der Waals surface area contributed by atoms with Gasteiger partial charge in [0.2, 0.25) is 0 Å². The second-order valence-electron chi connectivity index (χ2n) is 3.38. The van der Waals surface area contributed by atoms with Gasteiger partial charge in [0.1, 0.15) is 0 Å². The van der Waals surface area contributed by atoms with Crippen LogP contribution in [0, 0.1) is 0 Å². The third kappa shape index (κ3) is 3.05. The van der Waals surface area contributed by atoms with Gasteiger partial charge in [-0.1, -0.05) is 32.2 Å². The Labute approximate surface area is 119 Å². The van der Waals surface area contributed by atoms with E-state index < -0.39 is 0 Å². The van der Waals surface area contributed by atoms with Crippen molar-refractivity contribution < 1.29 is 51.4 Å². The number of likely N-dealkylation sites (N-methyl/N-ethyl adjacent to an activating group) is 1. The second kappa shape index (κ2) is 6.12. The number of rotatable bonds is 0. The molecule has 0 bridgehead atoms. The van der Waals surface area contributed by atoms with Crippen LogP contribution in [0.2, 0.25) is 0 Å². The molecule has 12 heavy (non-hydrogen) atoms.